The third kappa shape index (κ3) is 4.75. The molecule has 2 aliphatic heterocycles. The van der Waals surface area contributed by atoms with E-state index in [1.54, 1.807) is 12.1 Å². The topological polar surface area (TPSA) is 68.5 Å². The number of hydrogen-bond donors (Lipinski definition) is 2. The number of hydrogen-bond acceptors (Lipinski definition) is 5. The maximum atomic E-state index is 10.4. The van der Waals surface area contributed by atoms with Gasteiger partial charge in [-0.15, -0.1) is 24.8 Å². The van der Waals surface area contributed by atoms with E-state index in [4.69, 9.17) is 4.74 Å². The SMILES string of the molecule is Cl.Cl.N#Cc1ccc(O)c([C@H](C2CCOCC2)N2CCNCC2)c1. The van der Waals surface area contributed by atoms with Crippen molar-refractivity contribution in [1.82, 2.24) is 10.2 Å². The molecule has 24 heavy (non-hydrogen) atoms. The predicted octanol–water partition coefficient (Wildman–Crippen LogP) is 2.48. The summed E-state index contributed by atoms with van der Waals surface area (Å²) in [7, 11) is 0. The zero-order chi connectivity index (χ0) is 15.4. The molecule has 0 aromatic heterocycles. The molecule has 2 aliphatic rings. The number of ether oxygens (including phenoxy) is 1. The van der Waals surface area contributed by atoms with Crippen LogP contribution >= 0.6 is 24.8 Å². The van der Waals surface area contributed by atoms with Gasteiger partial charge < -0.3 is 15.2 Å². The molecule has 2 fully saturated rings. The average molecular weight is 374 g/mol. The van der Waals surface area contributed by atoms with E-state index >= 15 is 0 Å². The molecule has 0 aliphatic carbocycles. The Hall–Kier alpha value is -1.03. The van der Waals surface area contributed by atoms with E-state index in [9.17, 15) is 10.4 Å². The minimum atomic E-state index is 0. The van der Waals surface area contributed by atoms with Crippen LogP contribution in [0.3, 0.4) is 0 Å². The number of nitriles is 1. The molecule has 134 valence electrons. The van der Waals surface area contributed by atoms with Crippen LogP contribution in [0.25, 0.3) is 0 Å². The number of rotatable bonds is 3. The number of aromatic hydroxyl groups is 1. The van der Waals surface area contributed by atoms with Crippen LogP contribution in [0.5, 0.6) is 5.75 Å². The molecule has 0 amide bonds. The van der Waals surface area contributed by atoms with Gasteiger partial charge in [0.2, 0.25) is 0 Å². The van der Waals surface area contributed by atoms with Crippen molar-refractivity contribution < 1.29 is 9.84 Å². The minimum absolute atomic E-state index is 0. The van der Waals surface area contributed by atoms with Gasteiger partial charge in [0.05, 0.1) is 11.6 Å². The van der Waals surface area contributed by atoms with Crippen LogP contribution in [-0.4, -0.2) is 49.4 Å². The normalized spacial score (nSPS) is 20.3. The number of nitrogens with zero attached hydrogens (tertiary/aromatic N) is 2. The standard InChI is InChI=1S/C17H23N3O2.2ClH/c18-12-13-1-2-16(21)15(11-13)17(14-3-9-22-10-4-14)20-7-5-19-6-8-20;;/h1-2,11,14,17,19,21H,3-10H2;2*1H/t17-;;/m0../s1. The highest BCUT2D eigenvalue weighted by atomic mass is 35.5. The van der Waals surface area contributed by atoms with Gasteiger partial charge in [-0.25, -0.2) is 0 Å². The summed E-state index contributed by atoms with van der Waals surface area (Å²) < 4.78 is 5.50. The molecule has 2 saturated heterocycles. The lowest BCUT2D eigenvalue weighted by molar-refractivity contribution is 0.0206. The van der Waals surface area contributed by atoms with Crippen LogP contribution in [0.2, 0.25) is 0 Å². The van der Waals surface area contributed by atoms with Crippen LogP contribution in [0, 0.1) is 17.2 Å². The fourth-order valence-corrected chi connectivity index (χ4v) is 3.60. The molecule has 2 heterocycles. The quantitative estimate of drug-likeness (QED) is 0.851. The molecule has 0 bridgehead atoms. The van der Waals surface area contributed by atoms with Crippen LogP contribution in [0.1, 0.15) is 30.0 Å². The van der Waals surface area contributed by atoms with Crippen molar-refractivity contribution in [2.45, 2.75) is 18.9 Å². The largest absolute Gasteiger partial charge is 0.508 e. The van der Waals surface area contributed by atoms with Gasteiger partial charge in [-0.3, -0.25) is 4.90 Å². The van der Waals surface area contributed by atoms with Crippen molar-refractivity contribution in [2.75, 3.05) is 39.4 Å². The monoisotopic (exact) mass is 373 g/mol. The molecule has 2 N–H and O–H groups in total. The second kappa shape index (κ2) is 10.1. The highest BCUT2D eigenvalue weighted by Crippen LogP contribution is 2.39. The Bertz CT molecular complexity index is 535. The van der Waals surface area contributed by atoms with Gasteiger partial charge in [0.25, 0.3) is 0 Å². The first-order valence-electron chi connectivity index (χ1n) is 8.05. The molecule has 1 aromatic carbocycles. The second-order valence-corrected chi connectivity index (χ2v) is 6.07. The van der Waals surface area contributed by atoms with Gasteiger partial charge in [-0.05, 0) is 37.0 Å². The molecule has 0 radical (unpaired) electrons. The summed E-state index contributed by atoms with van der Waals surface area (Å²) in [5.41, 5.74) is 1.51. The Labute approximate surface area is 155 Å². The third-order valence-electron chi connectivity index (χ3n) is 4.73. The Balaban J connectivity index is 0.00000144. The molecule has 1 aromatic rings. The van der Waals surface area contributed by atoms with Gasteiger partial charge in [-0.2, -0.15) is 5.26 Å². The molecular weight excluding hydrogens is 349 g/mol. The van der Waals surface area contributed by atoms with Crippen molar-refractivity contribution in [2.24, 2.45) is 5.92 Å². The van der Waals surface area contributed by atoms with E-state index in [2.05, 4.69) is 16.3 Å². The zero-order valence-electron chi connectivity index (χ0n) is 13.6. The van der Waals surface area contributed by atoms with Gasteiger partial charge >= 0.3 is 0 Å². The lowest BCUT2D eigenvalue weighted by Gasteiger charge is -2.41. The number of benzene rings is 1. The molecule has 7 heteroatoms. The van der Waals surface area contributed by atoms with Gasteiger partial charge in [0.1, 0.15) is 5.75 Å². The number of phenols is 1. The first kappa shape index (κ1) is 21.0. The van der Waals surface area contributed by atoms with Crippen molar-refractivity contribution in [3.8, 4) is 11.8 Å². The molecule has 1 atom stereocenters. The van der Waals surface area contributed by atoms with Crippen molar-refractivity contribution in [3.63, 3.8) is 0 Å². The molecular formula is C17H25Cl2N3O2. The third-order valence-corrected chi connectivity index (χ3v) is 4.73. The first-order valence-corrected chi connectivity index (χ1v) is 8.05. The fraction of sp³-hybridized carbons (Fsp3) is 0.588. The summed E-state index contributed by atoms with van der Waals surface area (Å²) in [6, 6.07) is 7.55. The second-order valence-electron chi connectivity index (χ2n) is 6.07. The van der Waals surface area contributed by atoms with Crippen LogP contribution in [0.4, 0.5) is 0 Å². The lowest BCUT2D eigenvalue weighted by atomic mass is 9.84. The van der Waals surface area contributed by atoms with Crippen molar-refractivity contribution >= 4 is 24.8 Å². The van der Waals surface area contributed by atoms with Crippen LogP contribution < -0.4 is 5.32 Å². The van der Waals surface area contributed by atoms with Crippen LogP contribution in [-0.2, 0) is 4.74 Å². The average Bonchev–Trinajstić information content (AvgIpc) is 2.59. The fourth-order valence-electron chi connectivity index (χ4n) is 3.60. The highest BCUT2D eigenvalue weighted by Gasteiger charge is 2.33. The summed E-state index contributed by atoms with van der Waals surface area (Å²) >= 11 is 0. The maximum Gasteiger partial charge on any atom is 0.120 e. The molecule has 0 saturated carbocycles. The van der Waals surface area contributed by atoms with Crippen LogP contribution in [0.15, 0.2) is 18.2 Å². The summed E-state index contributed by atoms with van der Waals surface area (Å²) in [6.45, 7) is 5.45. The van der Waals surface area contributed by atoms with E-state index in [-0.39, 0.29) is 30.9 Å². The van der Waals surface area contributed by atoms with Gasteiger partial charge in [0.15, 0.2) is 0 Å². The molecule has 5 nitrogen and oxygen atoms in total. The molecule has 0 spiro atoms. The Morgan fingerprint density at radius 2 is 1.88 bits per heavy atom. The van der Waals surface area contributed by atoms with E-state index in [1.165, 1.54) is 0 Å². The number of nitrogens with one attached hydrogen (secondary N) is 1. The molecule has 3 rings (SSSR count). The zero-order valence-corrected chi connectivity index (χ0v) is 15.2. The maximum absolute atomic E-state index is 10.4. The predicted molar refractivity (Wildman–Crippen MR) is 98.0 cm³/mol. The highest BCUT2D eigenvalue weighted by molar-refractivity contribution is 5.85. The van der Waals surface area contributed by atoms with E-state index < -0.39 is 0 Å². The summed E-state index contributed by atoms with van der Waals surface area (Å²) in [4.78, 5) is 2.45. The minimum Gasteiger partial charge on any atom is -0.508 e. The summed E-state index contributed by atoms with van der Waals surface area (Å²) in [5, 5.41) is 22.9. The number of piperazine rings is 1. The van der Waals surface area contributed by atoms with Gasteiger partial charge in [-0.1, -0.05) is 0 Å². The molecule has 0 unspecified atom stereocenters. The van der Waals surface area contributed by atoms with Crippen molar-refractivity contribution in [3.05, 3.63) is 29.3 Å². The van der Waals surface area contributed by atoms with E-state index in [1.807, 2.05) is 6.07 Å². The Morgan fingerprint density at radius 3 is 2.50 bits per heavy atom. The van der Waals surface area contributed by atoms with E-state index in [0.29, 0.717) is 17.2 Å². The van der Waals surface area contributed by atoms with E-state index in [0.717, 1.165) is 57.8 Å². The lowest BCUT2D eigenvalue weighted by Crippen LogP contribution is -2.47. The Kier molecular flexibility index (Phi) is 8.82. The van der Waals surface area contributed by atoms with Crippen molar-refractivity contribution in [1.29, 1.82) is 5.26 Å². The smallest absolute Gasteiger partial charge is 0.120 e. The van der Waals surface area contributed by atoms with Gasteiger partial charge in [0, 0.05) is 51.0 Å². The number of halogens is 2. The Morgan fingerprint density at radius 1 is 1.21 bits per heavy atom. The first-order chi connectivity index (χ1) is 10.8. The number of phenolic OH excluding ortho intramolecular Hbond substituents is 1. The summed E-state index contributed by atoms with van der Waals surface area (Å²) in [5.74, 6) is 0.765. The summed E-state index contributed by atoms with van der Waals surface area (Å²) in [6.07, 6.45) is 2.01.